The van der Waals surface area contributed by atoms with Gasteiger partial charge in [-0.25, -0.2) is 4.98 Å². The number of piperazine rings is 1. The molecule has 150 valence electrons. The predicted molar refractivity (Wildman–Crippen MR) is 108 cm³/mol. The number of pyridine rings is 1. The molecular formula is C21H33FN4O. The fraction of sp³-hybridized carbons (Fsp3) is 0.619. The normalized spacial score (nSPS) is 18.2. The van der Waals surface area contributed by atoms with Crippen LogP contribution in [0.2, 0.25) is 0 Å². The van der Waals surface area contributed by atoms with Crippen molar-refractivity contribution in [1.29, 1.82) is 0 Å². The first-order valence-corrected chi connectivity index (χ1v) is 9.63. The van der Waals surface area contributed by atoms with E-state index >= 15 is 0 Å². The molecule has 1 amide bonds. The lowest BCUT2D eigenvalue weighted by Gasteiger charge is -2.40. The van der Waals surface area contributed by atoms with Crippen LogP contribution in [0.3, 0.4) is 0 Å². The highest BCUT2D eigenvalue weighted by atomic mass is 19.1. The van der Waals surface area contributed by atoms with Gasteiger partial charge in [0.2, 0.25) is 5.95 Å². The van der Waals surface area contributed by atoms with E-state index in [-0.39, 0.29) is 11.1 Å². The molecule has 1 saturated heterocycles. The second kappa shape index (κ2) is 8.38. The number of anilines is 1. The third-order valence-corrected chi connectivity index (χ3v) is 5.92. The van der Waals surface area contributed by atoms with Crippen LogP contribution in [0, 0.1) is 17.3 Å². The minimum Gasteiger partial charge on any atom is -0.365 e. The van der Waals surface area contributed by atoms with Gasteiger partial charge in [0.15, 0.2) is 0 Å². The van der Waals surface area contributed by atoms with Crippen molar-refractivity contribution in [2.45, 2.75) is 47.1 Å². The second-order valence-electron chi connectivity index (χ2n) is 8.70. The van der Waals surface area contributed by atoms with Gasteiger partial charge in [0, 0.05) is 32.2 Å². The number of primary amides is 1. The molecule has 2 N–H and O–H groups in total. The molecule has 1 fully saturated rings. The van der Waals surface area contributed by atoms with Gasteiger partial charge < -0.3 is 10.6 Å². The van der Waals surface area contributed by atoms with Crippen molar-refractivity contribution < 1.29 is 9.18 Å². The number of hydrogen-bond acceptors (Lipinski definition) is 4. The third kappa shape index (κ3) is 5.28. The Morgan fingerprint density at radius 2 is 1.85 bits per heavy atom. The number of carbonyl (C=O) groups excluding carboxylic acids is 1. The lowest BCUT2D eigenvalue weighted by molar-refractivity contribution is 0.0994. The minimum atomic E-state index is -0.720. The Labute approximate surface area is 162 Å². The Morgan fingerprint density at radius 3 is 2.33 bits per heavy atom. The van der Waals surface area contributed by atoms with E-state index in [0.29, 0.717) is 30.7 Å². The van der Waals surface area contributed by atoms with Crippen molar-refractivity contribution in [3.8, 4) is 0 Å². The molecule has 27 heavy (non-hydrogen) atoms. The quantitative estimate of drug-likeness (QED) is 0.610. The lowest BCUT2D eigenvalue weighted by Crippen LogP contribution is -2.50. The summed E-state index contributed by atoms with van der Waals surface area (Å²) in [6, 6.07) is 3.37. The van der Waals surface area contributed by atoms with Crippen LogP contribution in [0.25, 0.3) is 0 Å². The van der Waals surface area contributed by atoms with Crippen LogP contribution in [0.5, 0.6) is 0 Å². The van der Waals surface area contributed by atoms with Crippen molar-refractivity contribution in [2.75, 3.05) is 31.1 Å². The fourth-order valence-electron chi connectivity index (χ4n) is 3.28. The van der Waals surface area contributed by atoms with Crippen LogP contribution in [0.1, 0.15) is 51.5 Å². The van der Waals surface area contributed by atoms with Crippen molar-refractivity contribution in [2.24, 2.45) is 17.1 Å². The van der Waals surface area contributed by atoms with Gasteiger partial charge >= 0.3 is 0 Å². The standard InChI is InChI=1S/C21H33FN4O/c1-14(13-15(2)21(4,5)6)16(3)25-9-11-26(12-10-25)18-8-7-17(20(23)27)24-19(18)22/h7-8,15-16H,1,9-13H2,2-6H3,(H2,23,27). The maximum atomic E-state index is 14.2. The monoisotopic (exact) mass is 376 g/mol. The number of nitrogens with zero attached hydrogens (tertiary/aromatic N) is 3. The molecular weight excluding hydrogens is 343 g/mol. The molecule has 0 bridgehead atoms. The van der Waals surface area contributed by atoms with Crippen molar-refractivity contribution >= 4 is 11.6 Å². The lowest BCUT2D eigenvalue weighted by atomic mass is 9.78. The van der Waals surface area contributed by atoms with E-state index in [0.717, 1.165) is 19.5 Å². The van der Waals surface area contributed by atoms with E-state index < -0.39 is 11.9 Å². The van der Waals surface area contributed by atoms with E-state index in [4.69, 9.17) is 5.73 Å². The molecule has 1 aromatic heterocycles. The summed E-state index contributed by atoms with van der Waals surface area (Å²) in [6.07, 6.45) is 1.01. The number of aromatic nitrogens is 1. The van der Waals surface area contributed by atoms with E-state index in [1.165, 1.54) is 11.6 Å². The van der Waals surface area contributed by atoms with E-state index in [2.05, 4.69) is 51.1 Å². The molecule has 2 atom stereocenters. The Morgan fingerprint density at radius 1 is 1.26 bits per heavy atom. The van der Waals surface area contributed by atoms with Crippen LogP contribution in [0.4, 0.5) is 10.1 Å². The topological polar surface area (TPSA) is 62.5 Å². The maximum Gasteiger partial charge on any atom is 0.267 e. The highest BCUT2D eigenvalue weighted by Crippen LogP contribution is 2.32. The molecule has 0 radical (unpaired) electrons. The molecule has 0 spiro atoms. The summed E-state index contributed by atoms with van der Waals surface area (Å²) in [5, 5.41) is 0. The molecule has 1 aromatic rings. The highest BCUT2D eigenvalue weighted by Gasteiger charge is 2.27. The number of hydrogen-bond donors (Lipinski definition) is 1. The summed E-state index contributed by atoms with van der Waals surface area (Å²) in [7, 11) is 0. The minimum absolute atomic E-state index is 0.0484. The molecule has 1 aliphatic heterocycles. The van der Waals surface area contributed by atoms with Crippen LogP contribution in [0.15, 0.2) is 24.3 Å². The molecule has 2 unspecified atom stereocenters. The number of amides is 1. The Bertz CT molecular complexity index is 690. The van der Waals surface area contributed by atoms with Crippen LogP contribution in [-0.4, -0.2) is 48.0 Å². The maximum absolute atomic E-state index is 14.2. The zero-order valence-electron chi connectivity index (χ0n) is 17.3. The Balaban J connectivity index is 1.95. The molecule has 1 aliphatic rings. The molecule has 5 nitrogen and oxygen atoms in total. The summed E-state index contributed by atoms with van der Waals surface area (Å²) in [5.74, 6) is -0.795. The first-order valence-electron chi connectivity index (χ1n) is 9.63. The number of nitrogens with two attached hydrogens (primary N) is 1. The van der Waals surface area contributed by atoms with Gasteiger partial charge in [-0.2, -0.15) is 4.39 Å². The zero-order valence-corrected chi connectivity index (χ0v) is 17.3. The summed E-state index contributed by atoms with van der Waals surface area (Å²) in [5.41, 5.74) is 7.05. The first kappa shape index (κ1) is 21.4. The second-order valence-corrected chi connectivity index (χ2v) is 8.70. The summed E-state index contributed by atoms with van der Waals surface area (Å²) < 4.78 is 14.2. The van der Waals surface area contributed by atoms with E-state index in [1.807, 2.05) is 4.90 Å². The van der Waals surface area contributed by atoms with Crippen molar-refractivity contribution in [3.05, 3.63) is 35.9 Å². The average molecular weight is 377 g/mol. The highest BCUT2D eigenvalue weighted by molar-refractivity contribution is 5.90. The smallest absolute Gasteiger partial charge is 0.267 e. The Hall–Kier alpha value is -1.95. The van der Waals surface area contributed by atoms with Crippen molar-refractivity contribution in [1.82, 2.24) is 9.88 Å². The first-order chi connectivity index (χ1) is 12.5. The molecule has 0 aliphatic carbocycles. The van der Waals surface area contributed by atoms with Gasteiger partial charge in [-0.1, -0.05) is 39.8 Å². The van der Waals surface area contributed by atoms with Gasteiger partial charge in [0.25, 0.3) is 5.91 Å². The number of halogens is 1. The Kier molecular flexibility index (Phi) is 6.63. The largest absolute Gasteiger partial charge is 0.365 e. The molecule has 0 aromatic carbocycles. The zero-order chi connectivity index (χ0) is 20.4. The van der Waals surface area contributed by atoms with Crippen molar-refractivity contribution in [3.63, 3.8) is 0 Å². The summed E-state index contributed by atoms with van der Waals surface area (Å²) >= 11 is 0. The van der Waals surface area contributed by atoms with Crippen LogP contribution >= 0.6 is 0 Å². The van der Waals surface area contributed by atoms with Gasteiger partial charge in [-0.15, -0.1) is 0 Å². The number of rotatable bonds is 6. The molecule has 6 heteroatoms. The third-order valence-electron chi connectivity index (χ3n) is 5.92. The van der Waals surface area contributed by atoms with Crippen LogP contribution in [-0.2, 0) is 0 Å². The average Bonchev–Trinajstić information content (AvgIpc) is 2.60. The van der Waals surface area contributed by atoms with Crippen LogP contribution < -0.4 is 10.6 Å². The summed E-state index contributed by atoms with van der Waals surface area (Å²) in [6.45, 7) is 18.7. The molecule has 0 saturated carbocycles. The SMILES string of the molecule is C=C(CC(C)C(C)(C)C)C(C)N1CCN(c2ccc(C(N)=O)nc2F)CC1. The number of carbonyl (C=O) groups is 1. The van der Waals surface area contributed by atoms with E-state index in [9.17, 15) is 9.18 Å². The van der Waals surface area contributed by atoms with Gasteiger partial charge in [-0.3, -0.25) is 9.69 Å². The van der Waals surface area contributed by atoms with Gasteiger partial charge in [0.1, 0.15) is 5.69 Å². The molecule has 2 heterocycles. The summed E-state index contributed by atoms with van der Waals surface area (Å²) in [4.78, 5) is 19.2. The van der Waals surface area contributed by atoms with Gasteiger partial charge in [-0.05, 0) is 36.8 Å². The fourth-order valence-corrected chi connectivity index (χ4v) is 3.28. The van der Waals surface area contributed by atoms with E-state index in [1.54, 1.807) is 6.07 Å². The molecule has 2 rings (SSSR count). The van der Waals surface area contributed by atoms with Gasteiger partial charge in [0.05, 0.1) is 5.69 Å². The predicted octanol–water partition coefficient (Wildman–Crippen LogP) is 3.46.